The minimum atomic E-state index is -0.609. The van der Waals surface area contributed by atoms with Gasteiger partial charge < -0.3 is 14.8 Å². The number of nitrogens with zero attached hydrogens (tertiary/aromatic N) is 2. The van der Waals surface area contributed by atoms with Gasteiger partial charge in [0.25, 0.3) is 5.69 Å². The molecule has 3 aromatic carbocycles. The highest BCUT2D eigenvalue weighted by atomic mass is 16.6. The summed E-state index contributed by atoms with van der Waals surface area (Å²) in [5.41, 5.74) is 4.63. The average molecular weight is 491 g/mol. The predicted octanol–water partition coefficient (Wildman–Crippen LogP) is 4.50. The maximum absolute atomic E-state index is 12.5. The third-order valence-electron chi connectivity index (χ3n) is 5.01. The molecule has 0 aromatic heterocycles. The molecule has 186 valence electrons. The van der Waals surface area contributed by atoms with Crippen molar-refractivity contribution in [2.45, 2.75) is 26.0 Å². The maximum Gasteiger partial charge on any atom is 0.407 e. The minimum absolute atomic E-state index is 0.00832. The van der Waals surface area contributed by atoms with E-state index in [4.69, 9.17) is 9.47 Å². The summed E-state index contributed by atoms with van der Waals surface area (Å²) in [6.45, 7) is 2.12. The van der Waals surface area contributed by atoms with Crippen LogP contribution in [0.5, 0.6) is 5.75 Å². The van der Waals surface area contributed by atoms with E-state index in [1.54, 1.807) is 43.3 Å². The van der Waals surface area contributed by atoms with Crippen LogP contribution in [0.2, 0.25) is 0 Å². The van der Waals surface area contributed by atoms with Crippen LogP contribution in [0.25, 0.3) is 0 Å². The van der Waals surface area contributed by atoms with Gasteiger partial charge in [0.05, 0.1) is 30.2 Å². The molecule has 0 fully saturated rings. The molecule has 0 aliphatic heterocycles. The number of amides is 2. The van der Waals surface area contributed by atoms with Crippen LogP contribution in [0, 0.1) is 10.1 Å². The number of nitrogens with one attached hydrogen (secondary N) is 2. The molecule has 2 amide bonds. The Labute approximate surface area is 208 Å². The van der Waals surface area contributed by atoms with Crippen molar-refractivity contribution in [3.8, 4) is 5.75 Å². The number of nitro benzene ring substituents is 1. The first kappa shape index (κ1) is 25.9. The van der Waals surface area contributed by atoms with Gasteiger partial charge in [0.1, 0.15) is 12.4 Å². The summed E-state index contributed by atoms with van der Waals surface area (Å²) in [6.07, 6.45) is 0.805. The van der Waals surface area contributed by atoms with Crippen molar-refractivity contribution in [1.29, 1.82) is 0 Å². The van der Waals surface area contributed by atoms with Gasteiger partial charge in [-0.2, -0.15) is 5.10 Å². The SMILES string of the molecule is CCOC(=O)N[C@@H](CC(=O)N/N=C\c1ccccc1OCc1ccc([N+](=O)[O-])cc1)c1ccccc1. The monoisotopic (exact) mass is 490 g/mol. The molecule has 0 spiro atoms. The molecule has 0 aliphatic carbocycles. The van der Waals surface area contributed by atoms with Gasteiger partial charge in [-0.1, -0.05) is 42.5 Å². The highest BCUT2D eigenvalue weighted by molar-refractivity contribution is 5.85. The van der Waals surface area contributed by atoms with Crippen molar-refractivity contribution in [3.63, 3.8) is 0 Å². The van der Waals surface area contributed by atoms with Crippen LogP contribution in [-0.4, -0.2) is 29.7 Å². The summed E-state index contributed by atoms with van der Waals surface area (Å²) >= 11 is 0. The van der Waals surface area contributed by atoms with Crippen molar-refractivity contribution >= 4 is 23.9 Å². The topological polar surface area (TPSA) is 132 Å². The van der Waals surface area contributed by atoms with Gasteiger partial charge in [0, 0.05) is 17.7 Å². The number of para-hydroxylation sites is 1. The number of carbonyl (C=O) groups excluding carboxylic acids is 2. The Kier molecular flexibility index (Phi) is 9.51. The zero-order valence-corrected chi connectivity index (χ0v) is 19.6. The van der Waals surface area contributed by atoms with Gasteiger partial charge >= 0.3 is 6.09 Å². The second kappa shape index (κ2) is 13.2. The molecule has 0 bridgehead atoms. The van der Waals surface area contributed by atoms with E-state index in [2.05, 4.69) is 15.8 Å². The number of nitro groups is 1. The Balaban J connectivity index is 1.59. The number of hydrogen-bond acceptors (Lipinski definition) is 7. The quantitative estimate of drug-likeness (QED) is 0.231. The van der Waals surface area contributed by atoms with Crippen molar-refractivity contribution < 1.29 is 24.0 Å². The number of carbonyl (C=O) groups is 2. The summed E-state index contributed by atoms with van der Waals surface area (Å²) in [5, 5.41) is 17.5. The summed E-state index contributed by atoms with van der Waals surface area (Å²) in [5.74, 6) is 0.126. The van der Waals surface area contributed by atoms with Gasteiger partial charge in [-0.25, -0.2) is 10.2 Å². The third kappa shape index (κ3) is 7.94. The van der Waals surface area contributed by atoms with Crippen LogP contribution in [0.15, 0.2) is 84.0 Å². The molecule has 0 heterocycles. The average Bonchev–Trinajstić information content (AvgIpc) is 2.88. The number of benzene rings is 3. The van der Waals surface area contributed by atoms with E-state index in [0.717, 1.165) is 11.1 Å². The van der Waals surface area contributed by atoms with Gasteiger partial charge in [-0.05, 0) is 42.3 Å². The Bertz CT molecular complexity index is 1200. The largest absolute Gasteiger partial charge is 0.488 e. The van der Waals surface area contributed by atoms with Crippen LogP contribution in [0.4, 0.5) is 10.5 Å². The van der Waals surface area contributed by atoms with E-state index in [1.165, 1.54) is 18.3 Å². The molecular weight excluding hydrogens is 464 g/mol. The Morgan fingerprint density at radius 1 is 1.03 bits per heavy atom. The molecule has 0 aliphatic rings. The second-order valence-corrected chi connectivity index (χ2v) is 7.58. The van der Waals surface area contributed by atoms with Crippen molar-refractivity contribution in [3.05, 3.63) is 106 Å². The highest BCUT2D eigenvalue weighted by Gasteiger charge is 2.18. The molecule has 2 N–H and O–H groups in total. The fourth-order valence-corrected chi connectivity index (χ4v) is 3.25. The molecule has 0 saturated carbocycles. The number of hydrogen-bond donors (Lipinski definition) is 2. The van der Waals surface area contributed by atoms with Crippen LogP contribution in [0.1, 0.15) is 36.1 Å². The van der Waals surface area contributed by atoms with E-state index in [9.17, 15) is 19.7 Å². The van der Waals surface area contributed by atoms with Crippen LogP contribution < -0.4 is 15.5 Å². The first-order valence-corrected chi connectivity index (χ1v) is 11.2. The number of hydrazone groups is 1. The van der Waals surface area contributed by atoms with Crippen LogP contribution in [-0.2, 0) is 16.1 Å². The number of alkyl carbamates (subject to hydrolysis) is 1. The lowest BCUT2D eigenvalue weighted by molar-refractivity contribution is -0.384. The molecule has 10 nitrogen and oxygen atoms in total. The lowest BCUT2D eigenvalue weighted by Gasteiger charge is -2.18. The summed E-state index contributed by atoms with van der Waals surface area (Å²) in [6, 6.07) is 21.7. The van der Waals surface area contributed by atoms with E-state index >= 15 is 0 Å². The molecule has 10 heteroatoms. The molecule has 36 heavy (non-hydrogen) atoms. The molecule has 0 radical (unpaired) electrons. The maximum atomic E-state index is 12.5. The van der Waals surface area contributed by atoms with Crippen molar-refractivity contribution in [2.75, 3.05) is 6.61 Å². The lowest BCUT2D eigenvalue weighted by Crippen LogP contribution is -2.33. The number of ether oxygens (including phenoxy) is 2. The molecule has 1 atom stereocenters. The highest BCUT2D eigenvalue weighted by Crippen LogP contribution is 2.19. The van der Waals surface area contributed by atoms with Gasteiger partial charge in [0.2, 0.25) is 5.91 Å². The Morgan fingerprint density at radius 3 is 2.42 bits per heavy atom. The molecule has 0 saturated heterocycles. The zero-order chi connectivity index (χ0) is 25.8. The zero-order valence-electron chi connectivity index (χ0n) is 19.6. The van der Waals surface area contributed by atoms with Gasteiger partial charge in [-0.15, -0.1) is 0 Å². The van der Waals surface area contributed by atoms with E-state index in [0.29, 0.717) is 11.3 Å². The number of non-ortho nitro benzene ring substituents is 1. The molecule has 0 unspecified atom stereocenters. The first-order valence-electron chi connectivity index (χ1n) is 11.2. The standard InChI is InChI=1S/C26H26N4O6/c1-2-35-26(32)28-23(20-8-4-3-5-9-20)16-25(31)29-27-17-21-10-6-7-11-24(21)36-18-19-12-14-22(15-13-19)30(33)34/h3-15,17,23H,2,16,18H2,1H3,(H,28,32)(H,29,31)/b27-17-/t23-/m0/s1. The van der Waals surface area contributed by atoms with Gasteiger partial charge in [0.15, 0.2) is 0 Å². The first-order chi connectivity index (χ1) is 17.5. The molecule has 3 rings (SSSR count). The van der Waals surface area contributed by atoms with Crippen LogP contribution in [0.3, 0.4) is 0 Å². The van der Waals surface area contributed by atoms with E-state index in [1.807, 2.05) is 30.3 Å². The fraction of sp³-hybridized carbons (Fsp3) is 0.192. The van der Waals surface area contributed by atoms with Crippen molar-refractivity contribution in [1.82, 2.24) is 10.7 Å². The Hall–Kier alpha value is -4.73. The van der Waals surface area contributed by atoms with E-state index in [-0.39, 0.29) is 25.3 Å². The molecular formula is C26H26N4O6. The van der Waals surface area contributed by atoms with Crippen molar-refractivity contribution in [2.24, 2.45) is 5.10 Å². The summed E-state index contributed by atoms with van der Waals surface area (Å²) < 4.78 is 10.8. The summed E-state index contributed by atoms with van der Waals surface area (Å²) in [4.78, 5) is 34.8. The van der Waals surface area contributed by atoms with E-state index < -0.39 is 23.0 Å². The van der Waals surface area contributed by atoms with Crippen LogP contribution >= 0.6 is 0 Å². The minimum Gasteiger partial charge on any atom is -0.488 e. The van der Waals surface area contributed by atoms with Gasteiger partial charge in [-0.3, -0.25) is 14.9 Å². The number of rotatable bonds is 11. The lowest BCUT2D eigenvalue weighted by atomic mass is 10.0. The second-order valence-electron chi connectivity index (χ2n) is 7.58. The predicted molar refractivity (Wildman–Crippen MR) is 134 cm³/mol. The third-order valence-corrected chi connectivity index (χ3v) is 5.01. The molecule has 3 aromatic rings. The normalized spacial score (nSPS) is 11.5. The smallest absolute Gasteiger partial charge is 0.407 e. The fourth-order valence-electron chi connectivity index (χ4n) is 3.25. The Morgan fingerprint density at radius 2 is 1.72 bits per heavy atom. The summed E-state index contributed by atoms with van der Waals surface area (Å²) in [7, 11) is 0.